The molecule has 0 aliphatic rings. The van der Waals surface area contributed by atoms with E-state index < -0.39 is 12.6 Å². The first kappa shape index (κ1) is 11.7. The van der Waals surface area contributed by atoms with E-state index in [9.17, 15) is 13.2 Å². The summed E-state index contributed by atoms with van der Waals surface area (Å²) >= 11 is 0. The van der Waals surface area contributed by atoms with Crippen molar-refractivity contribution >= 4 is 0 Å². The molecule has 1 atom stereocenters. The molecule has 3 N–H and O–H groups in total. The number of rotatable bonds is 5. The summed E-state index contributed by atoms with van der Waals surface area (Å²) in [6.45, 7) is 2.66. The Kier molecular flexibility index (Phi) is 5.24. The molecule has 5 heteroatoms. The summed E-state index contributed by atoms with van der Waals surface area (Å²) in [6.07, 6.45) is -4.64. The predicted molar refractivity (Wildman–Crippen MR) is 41.8 cm³/mol. The Hall–Kier alpha value is -0.290. The topological polar surface area (TPSA) is 38.0 Å². The smallest absolute Gasteiger partial charge is 0.329 e. The minimum atomic E-state index is -4.03. The molecular formula is C7H15F3N2. The van der Waals surface area contributed by atoms with Crippen molar-refractivity contribution in [1.82, 2.24) is 5.32 Å². The van der Waals surface area contributed by atoms with Crippen LogP contribution in [0.1, 0.15) is 19.8 Å². The fourth-order valence-corrected chi connectivity index (χ4v) is 0.721. The summed E-state index contributed by atoms with van der Waals surface area (Å²) in [5.41, 5.74) is 5.26. The van der Waals surface area contributed by atoms with Crippen LogP contribution in [0.15, 0.2) is 0 Å². The molecule has 0 bridgehead atoms. The molecule has 0 fully saturated rings. The highest BCUT2D eigenvalue weighted by molar-refractivity contribution is 4.61. The second-order valence-electron chi connectivity index (χ2n) is 2.81. The minimum Gasteiger partial charge on any atom is -0.329 e. The highest BCUT2D eigenvalue weighted by atomic mass is 19.4. The maximum Gasteiger partial charge on any atom is 0.389 e. The van der Waals surface area contributed by atoms with E-state index in [1.54, 1.807) is 0 Å². The number of hydrogen-bond donors (Lipinski definition) is 2. The molecule has 0 aromatic rings. The molecule has 0 aliphatic heterocycles. The second-order valence-corrected chi connectivity index (χ2v) is 2.81. The van der Waals surface area contributed by atoms with Crippen LogP contribution >= 0.6 is 0 Å². The van der Waals surface area contributed by atoms with Crippen LogP contribution in [-0.2, 0) is 0 Å². The van der Waals surface area contributed by atoms with Crippen LogP contribution in [0, 0.1) is 0 Å². The molecule has 0 aliphatic carbocycles. The van der Waals surface area contributed by atoms with E-state index in [4.69, 9.17) is 5.73 Å². The van der Waals surface area contributed by atoms with Crippen LogP contribution in [0.3, 0.4) is 0 Å². The van der Waals surface area contributed by atoms with Crippen molar-refractivity contribution in [2.45, 2.75) is 32.0 Å². The van der Waals surface area contributed by atoms with Gasteiger partial charge in [0.05, 0.1) is 0 Å². The van der Waals surface area contributed by atoms with Crippen molar-refractivity contribution in [1.29, 1.82) is 0 Å². The average molecular weight is 184 g/mol. The molecule has 0 spiro atoms. The van der Waals surface area contributed by atoms with Crippen molar-refractivity contribution in [2.24, 2.45) is 5.73 Å². The van der Waals surface area contributed by atoms with Crippen molar-refractivity contribution < 1.29 is 13.2 Å². The minimum absolute atomic E-state index is 0.0956. The Morgan fingerprint density at radius 3 is 2.42 bits per heavy atom. The van der Waals surface area contributed by atoms with Crippen LogP contribution in [-0.4, -0.2) is 25.3 Å². The van der Waals surface area contributed by atoms with Gasteiger partial charge in [-0.15, -0.1) is 0 Å². The molecule has 74 valence electrons. The number of nitrogens with one attached hydrogen (secondary N) is 1. The Labute approximate surface area is 70.3 Å². The van der Waals surface area contributed by atoms with E-state index in [1.165, 1.54) is 0 Å². The molecule has 0 saturated heterocycles. The molecule has 2 nitrogen and oxygen atoms in total. The normalized spacial score (nSPS) is 14.8. The van der Waals surface area contributed by atoms with E-state index >= 15 is 0 Å². The zero-order valence-corrected chi connectivity index (χ0v) is 7.12. The first-order chi connectivity index (χ1) is 5.45. The Morgan fingerprint density at radius 2 is 2.00 bits per heavy atom. The number of alkyl halides is 3. The Morgan fingerprint density at radius 1 is 1.42 bits per heavy atom. The summed E-state index contributed by atoms with van der Waals surface area (Å²) in [4.78, 5) is 0. The summed E-state index contributed by atoms with van der Waals surface area (Å²) in [6, 6.07) is 0.0956. The summed E-state index contributed by atoms with van der Waals surface area (Å²) in [5, 5.41) is 2.88. The molecule has 0 rings (SSSR count). The highest BCUT2D eigenvalue weighted by Gasteiger charge is 2.25. The van der Waals surface area contributed by atoms with Crippen molar-refractivity contribution in [3.05, 3.63) is 0 Å². The van der Waals surface area contributed by atoms with Gasteiger partial charge in [-0.3, -0.25) is 0 Å². The van der Waals surface area contributed by atoms with Crippen molar-refractivity contribution in [2.75, 3.05) is 13.1 Å². The molecule has 12 heavy (non-hydrogen) atoms. The predicted octanol–water partition coefficient (Wildman–Crippen LogP) is 1.27. The lowest BCUT2D eigenvalue weighted by atomic mass is 10.2. The largest absolute Gasteiger partial charge is 0.389 e. The van der Waals surface area contributed by atoms with E-state index in [0.29, 0.717) is 13.1 Å². The molecule has 0 heterocycles. The number of nitrogens with two attached hydrogens (primary N) is 1. The van der Waals surface area contributed by atoms with Gasteiger partial charge < -0.3 is 11.1 Å². The quantitative estimate of drug-likeness (QED) is 0.631. The van der Waals surface area contributed by atoms with Gasteiger partial charge in [-0.05, 0) is 19.9 Å². The first-order valence-electron chi connectivity index (χ1n) is 3.96. The highest BCUT2D eigenvalue weighted by Crippen LogP contribution is 2.20. The average Bonchev–Trinajstić information content (AvgIpc) is 1.96. The van der Waals surface area contributed by atoms with Gasteiger partial charge in [0.25, 0.3) is 0 Å². The van der Waals surface area contributed by atoms with E-state index in [2.05, 4.69) is 5.32 Å². The standard InChI is InChI=1S/C7H15F3N2/c1-6(5-11)12-4-2-3-7(8,9)10/h6,12H,2-5,11H2,1H3/t6-/m0/s1. The zero-order chi connectivity index (χ0) is 9.61. The fraction of sp³-hybridized carbons (Fsp3) is 1.00. The van der Waals surface area contributed by atoms with Gasteiger partial charge in [0.15, 0.2) is 0 Å². The Bertz CT molecular complexity index is 114. The van der Waals surface area contributed by atoms with Crippen LogP contribution in [0.25, 0.3) is 0 Å². The second kappa shape index (κ2) is 5.37. The molecule has 0 saturated carbocycles. The SMILES string of the molecule is C[C@@H](CN)NCCCC(F)(F)F. The number of hydrogen-bond acceptors (Lipinski definition) is 2. The molecule has 0 aromatic heterocycles. The van der Waals surface area contributed by atoms with Crippen LogP contribution in [0.4, 0.5) is 13.2 Å². The Balaban J connectivity index is 3.22. The first-order valence-corrected chi connectivity index (χ1v) is 3.96. The lowest BCUT2D eigenvalue weighted by Crippen LogP contribution is -2.34. The van der Waals surface area contributed by atoms with Crippen LogP contribution < -0.4 is 11.1 Å². The fourth-order valence-electron chi connectivity index (χ4n) is 0.721. The van der Waals surface area contributed by atoms with Crippen molar-refractivity contribution in [3.8, 4) is 0 Å². The maximum absolute atomic E-state index is 11.6. The van der Waals surface area contributed by atoms with Gasteiger partial charge in [-0.2, -0.15) is 13.2 Å². The van der Waals surface area contributed by atoms with E-state index in [0.717, 1.165) is 0 Å². The van der Waals surface area contributed by atoms with Crippen LogP contribution in [0.2, 0.25) is 0 Å². The van der Waals surface area contributed by atoms with E-state index in [-0.39, 0.29) is 12.5 Å². The summed E-state index contributed by atoms with van der Waals surface area (Å²) < 4.78 is 34.8. The van der Waals surface area contributed by atoms with Crippen molar-refractivity contribution in [3.63, 3.8) is 0 Å². The summed E-state index contributed by atoms with van der Waals surface area (Å²) in [7, 11) is 0. The van der Waals surface area contributed by atoms with Gasteiger partial charge in [-0.25, -0.2) is 0 Å². The third-order valence-corrected chi connectivity index (χ3v) is 1.48. The monoisotopic (exact) mass is 184 g/mol. The van der Waals surface area contributed by atoms with Gasteiger partial charge in [0.1, 0.15) is 0 Å². The lowest BCUT2D eigenvalue weighted by molar-refractivity contribution is -0.135. The molecule has 0 unspecified atom stereocenters. The third kappa shape index (κ3) is 7.81. The zero-order valence-electron chi connectivity index (χ0n) is 7.12. The summed E-state index contributed by atoms with van der Waals surface area (Å²) in [5.74, 6) is 0. The van der Waals surface area contributed by atoms with Gasteiger partial charge in [0, 0.05) is 19.0 Å². The molecule has 0 radical (unpaired) electrons. The third-order valence-electron chi connectivity index (χ3n) is 1.48. The van der Waals surface area contributed by atoms with E-state index in [1.807, 2.05) is 6.92 Å². The van der Waals surface area contributed by atoms with Gasteiger partial charge >= 0.3 is 6.18 Å². The molecule has 0 aromatic carbocycles. The lowest BCUT2D eigenvalue weighted by Gasteiger charge is -2.11. The van der Waals surface area contributed by atoms with Crippen LogP contribution in [0.5, 0.6) is 0 Å². The van der Waals surface area contributed by atoms with Gasteiger partial charge in [-0.1, -0.05) is 0 Å². The van der Waals surface area contributed by atoms with Gasteiger partial charge in [0.2, 0.25) is 0 Å². The maximum atomic E-state index is 11.6. The molecular weight excluding hydrogens is 169 g/mol. The molecule has 0 amide bonds. The number of halogens is 3.